The van der Waals surface area contributed by atoms with E-state index in [1.54, 1.807) is 0 Å². The molecule has 0 aliphatic carbocycles. The summed E-state index contributed by atoms with van der Waals surface area (Å²) in [5.74, 6) is 2.33. The van der Waals surface area contributed by atoms with Gasteiger partial charge in [-0.2, -0.15) is 0 Å². The van der Waals surface area contributed by atoms with Crippen LogP contribution in [0.1, 0.15) is 34.1 Å². The van der Waals surface area contributed by atoms with Crippen molar-refractivity contribution >= 4 is 0 Å². The minimum absolute atomic E-state index is 0.464. The predicted octanol–water partition coefficient (Wildman–Crippen LogP) is 1.16. The number of hydrogen-bond acceptors (Lipinski definition) is 3. The molecule has 0 saturated carbocycles. The fourth-order valence-corrected chi connectivity index (χ4v) is 3.30. The van der Waals surface area contributed by atoms with Gasteiger partial charge in [0.25, 0.3) is 0 Å². The third-order valence-electron chi connectivity index (χ3n) is 4.37. The van der Waals surface area contributed by atoms with Crippen molar-refractivity contribution in [3.05, 3.63) is 0 Å². The average Bonchev–Trinajstić information content (AvgIpc) is 2.25. The molecule has 94 valence electrons. The van der Waals surface area contributed by atoms with Gasteiger partial charge in [-0.3, -0.25) is 5.32 Å². The summed E-state index contributed by atoms with van der Waals surface area (Å²) >= 11 is 0. The second kappa shape index (κ2) is 5.03. The van der Waals surface area contributed by atoms with Crippen molar-refractivity contribution in [1.29, 1.82) is 0 Å². The predicted molar refractivity (Wildman–Crippen MR) is 68.3 cm³/mol. The maximum atomic E-state index is 3.74. The largest absolute Gasteiger partial charge is 0.314 e. The topological polar surface area (TPSA) is 36.1 Å². The summed E-state index contributed by atoms with van der Waals surface area (Å²) in [6.07, 6.45) is 1.83. The van der Waals surface area contributed by atoms with Gasteiger partial charge in [0.2, 0.25) is 0 Å². The van der Waals surface area contributed by atoms with Gasteiger partial charge < -0.3 is 10.6 Å². The van der Waals surface area contributed by atoms with Gasteiger partial charge in [-0.25, -0.2) is 0 Å². The Balaban J connectivity index is 2.02. The van der Waals surface area contributed by atoms with Gasteiger partial charge in [0.05, 0.1) is 6.17 Å². The number of piperidine rings is 1. The Bertz CT molecular complexity index is 207. The van der Waals surface area contributed by atoms with Crippen molar-refractivity contribution < 1.29 is 0 Å². The van der Waals surface area contributed by atoms with Gasteiger partial charge in [0, 0.05) is 18.6 Å². The monoisotopic (exact) mass is 225 g/mol. The molecule has 2 rings (SSSR count). The molecule has 3 heteroatoms. The Labute approximate surface area is 99.8 Å². The molecule has 2 aliphatic heterocycles. The average molecular weight is 225 g/mol. The van der Waals surface area contributed by atoms with Crippen molar-refractivity contribution in [3.8, 4) is 0 Å². The van der Waals surface area contributed by atoms with Crippen LogP contribution in [0.25, 0.3) is 0 Å². The molecule has 6 unspecified atom stereocenters. The molecule has 2 fully saturated rings. The molecule has 0 aromatic heterocycles. The summed E-state index contributed by atoms with van der Waals surface area (Å²) in [6, 6.07) is 1.32. The van der Waals surface area contributed by atoms with Gasteiger partial charge in [-0.15, -0.1) is 0 Å². The van der Waals surface area contributed by atoms with E-state index < -0.39 is 0 Å². The summed E-state index contributed by atoms with van der Waals surface area (Å²) in [7, 11) is 0. The fourth-order valence-electron chi connectivity index (χ4n) is 3.30. The molecule has 0 spiro atoms. The van der Waals surface area contributed by atoms with Crippen LogP contribution in [-0.4, -0.2) is 31.3 Å². The quantitative estimate of drug-likeness (QED) is 0.627. The first kappa shape index (κ1) is 12.3. The van der Waals surface area contributed by atoms with E-state index in [1.807, 2.05) is 0 Å². The Morgan fingerprint density at radius 2 is 1.69 bits per heavy atom. The second-order valence-electron chi connectivity index (χ2n) is 6.00. The highest BCUT2D eigenvalue weighted by molar-refractivity contribution is 4.94. The Hall–Kier alpha value is -0.120. The molecule has 0 amide bonds. The molecule has 6 atom stereocenters. The summed E-state index contributed by atoms with van der Waals surface area (Å²) in [6.45, 7) is 11.6. The molecule has 0 radical (unpaired) electrons. The van der Waals surface area contributed by atoms with Crippen LogP contribution in [0.3, 0.4) is 0 Å². The van der Waals surface area contributed by atoms with Crippen LogP contribution in [0.4, 0.5) is 0 Å². The molecule has 0 aromatic carbocycles. The molecular formula is C13H27N3. The van der Waals surface area contributed by atoms with Crippen LogP contribution in [0.5, 0.6) is 0 Å². The van der Waals surface area contributed by atoms with Crippen LogP contribution in [0, 0.1) is 17.8 Å². The third kappa shape index (κ3) is 2.58. The minimum atomic E-state index is 0.464. The van der Waals surface area contributed by atoms with Gasteiger partial charge in [0.15, 0.2) is 0 Å². The molecule has 0 aromatic rings. The van der Waals surface area contributed by atoms with Crippen LogP contribution in [-0.2, 0) is 0 Å². The van der Waals surface area contributed by atoms with E-state index in [4.69, 9.17) is 0 Å². The number of rotatable bonds is 1. The first-order valence-corrected chi connectivity index (χ1v) is 6.80. The first-order valence-electron chi connectivity index (χ1n) is 6.80. The van der Waals surface area contributed by atoms with Gasteiger partial charge in [0.1, 0.15) is 0 Å². The second-order valence-corrected chi connectivity index (χ2v) is 6.00. The van der Waals surface area contributed by atoms with Crippen molar-refractivity contribution in [2.24, 2.45) is 17.8 Å². The zero-order valence-corrected chi connectivity index (χ0v) is 11.1. The van der Waals surface area contributed by atoms with Crippen LogP contribution in [0.15, 0.2) is 0 Å². The van der Waals surface area contributed by atoms with Crippen molar-refractivity contribution in [2.75, 3.05) is 13.1 Å². The molecule has 2 heterocycles. The van der Waals surface area contributed by atoms with E-state index in [2.05, 4.69) is 43.6 Å². The molecule has 16 heavy (non-hydrogen) atoms. The Morgan fingerprint density at radius 1 is 0.938 bits per heavy atom. The summed E-state index contributed by atoms with van der Waals surface area (Å²) in [5, 5.41) is 10.9. The first-order chi connectivity index (χ1) is 7.58. The SMILES string of the molecule is CC1CNC(C)C(C2NC(C)NCC2C)C1. The fraction of sp³-hybridized carbons (Fsp3) is 1.00. The van der Waals surface area contributed by atoms with Crippen LogP contribution in [0.2, 0.25) is 0 Å². The maximum absolute atomic E-state index is 3.74. The maximum Gasteiger partial charge on any atom is 0.0544 e. The molecule has 2 aliphatic rings. The summed E-state index contributed by atoms with van der Waals surface area (Å²) < 4.78 is 0. The van der Waals surface area contributed by atoms with Crippen LogP contribution >= 0.6 is 0 Å². The minimum Gasteiger partial charge on any atom is -0.314 e. The van der Waals surface area contributed by atoms with Crippen molar-refractivity contribution in [2.45, 2.75) is 52.4 Å². The standard InChI is InChI=1S/C13H27N3/c1-8-5-12(10(3)14-6-8)13-9(2)7-15-11(4)16-13/h8-16H,5-7H2,1-4H3. The summed E-state index contributed by atoms with van der Waals surface area (Å²) in [4.78, 5) is 0. The zero-order chi connectivity index (χ0) is 11.7. The van der Waals surface area contributed by atoms with E-state index in [-0.39, 0.29) is 0 Å². The van der Waals surface area contributed by atoms with Crippen LogP contribution < -0.4 is 16.0 Å². The Morgan fingerprint density at radius 3 is 2.44 bits per heavy atom. The van der Waals surface area contributed by atoms with Gasteiger partial charge in [-0.05, 0) is 44.6 Å². The Kier molecular flexibility index (Phi) is 3.88. The van der Waals surface area contributed by atoms with E-state index in [0.717, 1.165) is 24.3 Å². The van der Waals surface area contributed by atoms with E-state index in [9.17, 15) is 0 Å². The molecule has 3 nitrogen and oxygen atoms in total. The highest BCUT2D eigenvalue weighted by Crippen LogP contribution is 2.28. The highest BCUT2D eigenvalue weighted by atomic mass is 15.2. The van der Waals surface area contributed by atoms with E-state index in [0.29, 0.717) is 18.2 Å². The molecule has 0 bridgehead atoms. The molecule has 3 N–H and O–H groups in total. The molecule has 2 saturated heterocycles. The van der Waals surface area contributed by atoms with E-state index >= 15 is 0 Å². The van der Waals surface area contributed by atoms with Gasteiger partial charge >= 0.3 is 0 Å². The lowest BCUT2D eigenvalue weighted by atomic mass is 9.76. The lowest BCUT2D eigenvalue weighted by molar-refractivity contribution is 0.117. The van der Waals surface area contributed by atoms with Gasteiger partial charge in [-0.1, -0.05) is 13.8 Å². The van der Waals surface area contributed by atoms with E-state index in [1.165, 1.54) is 13.0 Å². The summed E-state index contributed by atoms with van der Waals surface area (Å²) in [5.41, 5.74) is 0. The lowest BCUT2D eigenvalue weighted by Gasteiger charge is -2.45. The van der Waals surface area contributed by atoms with Crippen molar-refractivity contribution in [3.63, 3.8) is 0 Å². The zero-order valence-electron chi connectivity index (χ0n) is 11.1. The normalized spacial score (nSPS) is 50.2. The number of hydrogen-bond donors (Lipinski definition) is 3. The highest BCUT2D eigenvalue weighted by Gasteiger charge is 2.36. The number of nitrogens with one attached hydrogen (secondary N) is 3. The van der Waals surface area contributed by atoms with Crippen molar-refractivity contribution in [1.82, 2.24) is 16.0 Å². The third-order valence-corrected chi connectivity index (χ3v) is 4.37. The molecular weight excluding hydrogens is 198 g/mol. The smallest absolute Gasteiger partial charge is 0.0544 e. The lowest BCUT2D eigenvalue weighted by Crippen LogP contribution is -2.62.